The van der Waals surface area contributed by atoms with Gasteiger partial charge in [0.15, 0.2) is 0 Å². The molecule has 2 atom stereocenters. The van der Waals surface area contributed by atoms with Gasteiger partial charge in [0.1, 0.15) is 0 Å². The molecule has 8 heteroatoms. The van der Waals surface area contributed by atoms with Crippen LogP contribution < -0.4 is 4.72 Å². The first-order valence-corrected chi connectivity index (χ1v) is 12.4. The maximum absolute atomic E-state index is 12.8. The number of likely N-dealkylation sites (tertiary alicyclic amines) is 1. The summed E-state index contributed by atoms with van der Waals surface area (Å²) in [6, 6.07) is 14.9. The quantitative estimate of drug-likeness (QED) is 0.703. The van der Waals surface area contributed by atoms with Crippen LogP contribution in [0.15, 0.2) is 48.5 Å². The Balaban J connectivity index is 1.90. The zero-order valence-electron chi connectivity index (χ0n) is 18.3. The molecular weight excluding hydrogens is 414 g/mol. The fraction of sp³-hybridized carbons (Fsp3) is 0.478. The van der Waals surface area contributed by atoms with Crippen molar-refractivity contribution in [3.05, 3.63) is 54.2 Å². The molecule has 1 amide bonds. The Morgan fingerprint density at radius 2 is 1.94 bits per heavy atom. The summed E-state index contributed by atoms with van der Waals surface area (Å²) in [5.41, 5.74) is 2.65. The minimum absolute atomic E-state index is 0.00555. The molecule has 1 N–H and O–H groups in total. The van der Waals surface area contributed by atoms with Crippen LogP contribution in [0.1, 0.15) is 39.3 Å². The Labute approximate surface area is 184 Å². The third-order valence-corrected chi connectivity index (χ3v) is 6.78. The fourth-order valence-electron chi connectivity index (χ4n) is 3.83. The molecule has 7 nitrogen and oxygen atoms in total. The van der Waals surface area contributed by atoms with Gasteiger partial charge in [-0.2, -0.15) is 0 Å². The van der Waals surface area contributed by atoms with E-state index in [1.807, 2.05) is 48.5 Å². The lowest BCUT2D eigenvalue weighted by Gasteiger charge is -2.41. The fourth-order valence-corrected chi connectivity index (χ4v) is 4.74. The van der Waals surface area contributed by atoms with Gasteiger partial charge in [-0.25, -0.2) is 17.9 Å². The smallest absolute Gasteiger partial charge is 0.410 e. The number of aromatic nitrogens is 1. The number of hydrogen-bond acceptors (Lipinski definition) is 5. The van der Waals surface area contributed by atoms with Crippen LogP contribution in [0.2, 0.25) is 0 Å². The summed E-state index contributed by atoms with van der Waals surface area (Å²) in [6.07, 6.45) is 1.14. The maximum Gasteiger partial charge on any atom is 0.410 e. The number of carbonyl (C=O) groups excluding carboxylic acids is 1. The van der Waals surface area contributed by atoms with Crippen LogP contribution >= 0.6 is 0 Å². The molecule has 31 heavy (non-hydrogen) atoms. The summed E-state index contributed by atoms with van der Waals surface area (Å²) in [7, 11) is -3.42. The molecule has 2 unspecified atom stereocenters. The molecule has 0 aliphatic carbocycles. The molecule has 1 aromatic heterocycles. The molecule has 2 heterocycles. The predicted octanol–water partition coefficient (Wildman–Crippen LogP) is 3.61. The lowest BCUT2D eigenvalue weighted by Crippen LogP contribution is -2.58. The molecule has 1 saturated heterocycles. The molecule has 3 rings (SSSR count). The van der Waals surface area contributed by atoms with Gasteiger partial charge in [-0.1, -0.05) is 36.4 Å². The van der Waals surface area contributed by atoms with Gasteiger partial charge < -0.3 is 9.64 Å². The number of carbonyl (C=O) groups is 1. The van der Waals surface area contributed by atoms with E-state index in [4.69, 9.17) is 9.72 Å². The highest BCUT2D eigenvalue weighted by atomic mass is 32.2. The Kier molecular flexibility index (Phi) is 7.67. The molecule has 1 aromatic carbocycles. The van der Waals surface area contributed by atoms with Gasteiger partial charge in [0.25, 0.3) is 0 Å². The topological polar surface area (TPSA) is 88.6 Å². The van der Waals surface area contributed by atoms with Gasteiger partial charge >= 0.3 is 6.09 Å². The minimum atomic E-state index is -3.42. The second-order valence-corrected chi connectivity index (χ2v) is 10.1. The highest BCUT2D eigenvalue weighted by Gasteiger charge is 2.37. The lowest BCUT2D eigenvalue weighted by atomic mass is 9.93. The Morgan fingerprint density at radius 3 is 2.61 bits per heavy atom. The summed E-state index contributed by atoms with van der Waals surface area (Å²) in [4.78, 5) is 19.2. The normalized spacial score (nSPS) is 19.4. The molecule has 1 fully saturated rings. The third-order valence-electron chi connectivity index (χ3n) is 5.36. The van der Waals surface area contributed by atoms with Crippen LogP contribution in [-0.2, 0) is 21.2 Å². The first-order chi connectivity index (χ1) is 14.8. The van der Waals surface area contributed by atoms with E-state index in [0.717, 1.165) is 17.0 Å². The van der Waals surface area contributed by atoms with Crippen LogP contribution in [-0.4, -0.2) is 54.9 Å². The Bertz CT molecular complexity index is 979. The van der Waals surface area contributed by atoms with Crippen molar-refractivity contribution in [2.24, 2.45) is 0 Å². The standard InChI is InChI=1S/C23H31N3O4S/c1-4-31(28,29)25-21-14-9-15-26(23(27)30-17(2)3)22(21)16-19-12-8-13-20(24-19)18-10-6-5-7-11-18/h5-8,10-13,17,21-22,25H,4,9,14-16H2,1-3H3. The maximum atomic E-state index is 12.8. The molecule has 2 aromatic rings. The molecule has 0 radical (unpaired) electrons. The number of nitrogens with zero attached hydrogens (tertiary/aromatic N) is 2. The zero-order chi connectivity index (χ0) is 22.4. The number of pyridine rings is 1. The predicted molar refractivity (Wildman–Crippen MR) is 121 cm³/mol. The first-order valence-electron chi connectivity index (χ1n) is 10.8. The number of ether oxygens (including phenoxy) is 1. The number of sulfonamides is 1. The third kappa shape index (κ3) is 6.27. The average Bonchev–Trinajstić information content (AvgIpc) is 2.75. The zero-order valence-corrected chi connectivity index (χ0v) is 19.1. The van der Waals surface area contributed by atoms with E-state index < -0.39 is 16.1 Å². The van der Waals surface area contributed by atoms with Crippen molar-refractivity contribution in [1.82, 2.24) is 14.6 Å². The summed E-state index contributed by atoms with van der Waals surface area (Å²) < 4.78 is 32.8. The van der Waals surface area contributed by atoms with Gasteiger partial charge in [0, 0.05) is 30.3 Å². The van der Waals surface area contributed by atoms with Gasteiger partial charge in [-0.3, -0.25) is 4.98 Å². The highest BCUT2D eigenvalue weighted by Crippen LogP contribution is 2.24. The number of amides is 1. The summed E-state index contributed by atoms with van der Waals surface area (Å²) in [5.74, 6) is -0.00555. The second kappa shape index (κ2) is 10.2. The molecule has 1 aliphatic rings. The monoisotopic (exact) mass is 445 g/mol. The number of benzene rings is 1. The van der Waals surface area contributed by atoms with Crippen molar-refractivity contribution in [3.63, 3.8) is 0 Å². The molecule has 168 valence electrons. The van der Waals surface area contributed by atoms with Gasteiger partial charge in [0.05, 0.1) is 23.6 Å². The number of nitrogens with one attached hydrogen (secondary N) is 1. The Morgan fingerprint density at radius 1 is 1.19 bits per heavy atom. The number of hydrogen-bond donors (Lipinski definition) is 1. The Hall–Kier alpha value is -2.45. The lowest BCUT2D eigenvalue weighted by molar-refractivity contribution is 0.0459. The summed E-state index contributed by atoms with van der Waals surface area (Å²) in [6.45, 7) is 5.74. The van der Waals surface area contributed by atoms with E-state index in [0.29, 0.717) is 25.8 Å². The van der Waals surface area contributed by atoms with Gasteiger partial charge in [-0.15, -0.1) is 0 Å². The second-order valence-electron chi connectivity index (χ2n) is 8.05. The van der Waals surface area contributed by atoms with Crippen molar-refractivity contribution in [1.29, 1.82) is 0 Å². The largest absolute Gasteiger partial charge is 0.447 e. The van der Waals surface area contributed by atoms with Crippen LogP contribution in [0.4, 0.5) is 4.79 Å². The van der Waals surface area contributed by atoms with Crippen LogP contribution in [0, 0.1) is 0 Å². The van der Waals surface area contributed by atoms with Gasteiger partial charge in [0.2, 0.25) is 10.0 Å². The van der Waals surface area contributed by atoms with E-state index >= 15 is 0 Å². The van der Waals surface area contributed by atoms with Crippen LogP contribution in [0.3, 0.4) is 0 Å². The van der Waals surface area contributed by atoms with Crippen molar-refractivity contribution in [2.75, 3.05) is 12.3 Å². The minimum Gasteiger partial charge on any atom is -0.447 e. The van der Waals surface area contributed by atoms with E-state index in [1.165, 1.54) is 0 Å². The molecule has 0 saturated carbocycles. The van der Waals surface area contributed by atoms with Crippen molar-refractivity contribution in [2.45, 2.75) is 58.2 Å². The highest BCUT2D eigenvalue weighted by molar-refractivity contribution is 7.89. The van der Waals surface area contributed by atoms with Crippen molar-refractivity contribution >= 4 is 16.1 Å². The average molecular weight is 446 g/mol. The van der Waals surface area contributed by atoms with Crippen molar-refractivity contribution < 1.29 is 17.9 Å². The molecule has 1 aliphatic heterocycles. The van der Waals surface area contributed by atoms with E-state index in [2.05, 4.69) is 4.72 Å². The summed E-state index contributed by atoms with van der Waals surface area (Å²) in [5, 5.41) is 0. The van der Waals surface area contributed by atoms with Crippen molar-refractivity contribution in [3.8, 4) is 11.3 Å². The van der Waals surface area contributed by atoms with E-state index in [9.17, 15) is 13.2 Å². The first kappa shape index (κ1) is 23.2. The summed E-state index contributed by atoms with van der Waals surface area (Å²) >= 11 is 0. The number of piperidine rings is 1. The van der Waals surface area contributed by atoms with Crippen LogP contribution in [0.25, 0.3) is 11.3 Å². The molecule has 0 bridgehead atoms. The number of rotatable bonds is 7. The molecular formula is C23H31N3O4S. The van der Waals surface area contributed by atoms with E-state index in [1.54, 1.807) is 25.7 Å². The molecule has 0 spiro atoms. The van der Waals surface area contributed by atoms with Gasteiger partial charge in [-0.05, 0) is 45.7 Å². The van der Waals surface area contributed by atoms with E-state index in [-0.39, 0.29) is 23.9 Å². The SMILES string of the molecule is CCS(=O)(=O)NC1CCCN(C(=O)OC(C)C)C1Cc1cccc(-c2ccccc2)n1. The van der Waals surface area contributed by atoms with Crippen LogP contribution in [0.5, 0.6) is 0 Å².